The molecule has 1 aliphatic rings. The Balaban J connectivity index is 2.12. The van der Waals surface area contributed by atoms with Crippen LogP contribution in [0.3, 0.4) is 0 Å². The van der Waals surface area contributed by atoms with Crippen molar-refractivity contribution >= 4 is 5.91 Å². The van der Waals surface area contributed by atoms with Gasteiger partial charge in [0, 0.05) is 26.7 Å². The molecule has 1 rings (SSSR count). The van der Waals surface area contributed by atoms with Gasteiger partial charge in [-0.05, 0) is 12.3 Å². The van der Waals surface area contributed by atoms with Crippen LogP contribution in [-0.2, 0) is 9.53 Å². The van der Waals surface area contributed by atoms with E-state index < -0.39 is 0 Å². The number of nitrogens with one attached hydrogen (secondary N) is 1. The standard InChI is InChI=1S/C7H13NO2/c1-10-3-2-6-4-7(9)8-5-6/h6H,2-5H2,1H3,(H,8,9). The number of amides is 1. The van der Waals surface area contributed by atoms with Crippen LogP contribution in [0.25, 0.3) is 0 Å². The lowest BCUT2D eigenvalue weighted by atomic mass is 10.1. The zero-order valence-corrected chi connectivity index (χ0v) is 6.22. The van der Waals surface area contributed by atoms with Gasteiger partial charge in [0.1, 0.15) is 0 Å². The van der Waals surface area contributed by atoms with Gasteiger partial charge in [0.25, 0.3) is 0 Å². The van der Waals surface area contributed by atoms with E-state index in [-0.39, 0.29) is 5.91 Å². The Morgan fingerprint density at radius 3 is 3.10 bits per heavy atom. The van der Waals surface area contributed by atoms with Crippen LogP contribution in [0.4, 0.5) is 0 Å². The normalized spacial score (nSPS) is 24.9. The van der Waals surface area contributed by atoms with Gasteiger partial charge in [-0.2, -0.15) is 0 Å². The number of rotatable bonds is 3. The quantitative estimate of drug-likeness (QED) is 0.611. The molecule has 0 aromatic carbocycles. The van der Waals surface area contributed by atoms with Crippen molar-refractivity contribution in [3.05, 3.63) is 0 Å². The average Bonchev–Trinajstić information content (AvgIpc) is 2.31. The van der Waals surface area contributed by atoms with Gasteiger partial charge in [-0.1, -0.05) is 0 Å². The first-order chi connectivity index (χ1) is 4.83. The molecule has 58 valence electrons. The second-order valence-corrected chi connectivity index (χ2v) is 2.66. The minimum atomic E-state index is 0.182. The minimum absolute atomic E-state index is 0.182. The summed E-state index contributed by atoms with van der Waals surface area (Å²) < 4.78 is 4.90. The van der Waals surface area contributed by atoms with E-state index in [0.29, 0.717) is 12.3 Å². The van der Waals surface area contributed by atoms with Gasteiger partial charge in [-0.3, -0.25) is 4.79 Å². The maximum Gasteiger partial charge on any atom is 0.220 e. The molecule has 3 heteroatoms. The van der Waals surface area contributed by atoms with Gasteiger partial charge < -0.3 is 10.1 Å². The Labute approximate surface area is 60.7 Å². The van der Waals surface area contributed by atoms with E-state index in [9.17, 15) is 4.79 Å². The number of carbonyl (C=O) groups excluding carboxylic acids is 1. The summed E-state index contributed by atoms with van der Waals surface area (Å²) in [5.41, 5.74) is 0. The molecule has 0 spiro atoms. The van der Waals surface area contributed by atoms with Gasteiger partial charge in [-0.25, -0.2) is 0 Å². The molecule has 0 radical (unpaired) electrons. The maximum atomic E-state index is 10.7. The Morgan fingerprint density at radius 2 is 2.60 bits per heavy atom. The van der Waals surface area contributed by atoms with Crippen LogP contribution in [-0.4, -0.2) is 26.2 Å². The highest BCUT2D eigenvalue weighted by atomic mass is 16.5. The Hall–Kier alpha value is -0.570. The fourth-order valence-corrected chi connectivity index (χ4v) is 1.15. The van der Waals surface area contributed by atoms with Crippen LogP contribution >= 0.6 is 0 Å². The molecule has 1 N–H and O–H groups in total. The zero-order valence-electron chi connectivity index (χ0n) is 6.22. The van der Waals surface area contributed by atoms with Crippen molar-refractivity contribution in [2.75, 3.05) is 20.3 Å². The highest BCUT2D eigenvalue weighted by Gasteiger charge is 2.20. The fraction of sp³-hybridized carbons (Fsp3) is 0.857. The van der Waals surface area contributed by atoms with Crippen molar-refractivity contribution < 1.29 is 9.53 Å². The number of methoxy groups -OCH3 is 1. The topological polar surface area (TPSA) is 38.3 Å². The molecule has 0 aliphatic carbocycles. The molecule has 10 heavy (non-hydrogen) atoms. The molecule has 1 unspecified atom stereocenters. The summed E-state index contributed by atoms with van der Waals surface area (Å²) in [7, 11) is 1.68. The summed E-state index contributed by atoms with van der Waals surface area (Å²) >= 11 is 0. The monoisotopic (exact) mass is 143 g/mol. The number of hydrogen-bond donors (Lipinski definition) is 1. The Bertz CT molecular complexity index is 125. The van der Waals surface area contributed by atoms with Crippen LogP contribution in [0.15, 0.2) is 0 Å². The van der Waals surface area contributed by atoms with Crippen LogP contribution in [0.5, 0.6) is 0 Å². The van der Waals surface area contributed by atoms with Gasteiger partial charge in [0.2, 0.25) is 5.91 Å². The third kappa shape index (κ3) is 1.99. The third-order valence-corrected chi connectivity index (χ3v) is 1.79. The number of carbonyl (C=O) groups is 1. The van der Waals surface area contributed by atoms with Crippen molar-refractivity contribution in [1.29, 1.82) is 0 Å². The third-order valence-electron chi connectivity index (χ3n) is 1.79. The van der Waals surface area contributed by atoms with E-state index in [1.165, 1.54) is 0 Å². The van der Waals surface area contributed by atoms with Crippen LogP contribution in [0.2, 0.25) is 0 Å². The lowest BCUT2D eigenvalue weighted by Crippen LogP contribution is -2.14. The molecule has 1 atom stereocenters. The second-order valence-electron chi connectivity index (χ2n) is 2.66. The van der Waals surface area contributed by atoms with E-state index in [2.05, 4.69) is 5.32 Å². The molecule has 1 fully saturated rings. The molecule has 0 bridgehead atoms. The summed E-state index contributed by atoms with van der Waals surface area (Å²) in [4.78, 5) is 10.7. The van der Waals surface area contributed by atoms with Crippen molar-refractivity contribution in [2.45, 2.75) is 12.8 Å². The number of hydrogen-bond acceptors (Lipinski definition) is 2. The Kier molecular flexibility index (Phi) is 2.68. The Morgan fingerprint density at radius 1 is 1.80 bits per heavy atom. The van der Waals surface area contributed by atoms with E-state index >= 15 is 0 Å². The summed E-state index contributed by atoms with van der Waals surface area (Å²) in [5.74, 6) is 0.688. The lowest BCUT2D eigenvalue weighted by Gasteiger charge is -2.03. The molecule has 1 aliphatic heterocycles. The van der Waals surface area contributed by atoms with E-state index in [0.717, 1.165) is 19.6 Å². The minimum Gasteiger partial charge on any atom is -0.385 e. The van der Waals surface area contributed by atoms with Crippen molar-refractivity contribution in [2.24, 2.45) is 5.92 Å². The highest BCUT2D eigenvalue weighted by molar-refractivity contribution is 5.78. The zero-order chi connectivity index (χ0) is 7.40. The molecule has 1 saturated heterocycles. The predicted octanol–water partition coefficient (Wildman–Crippen LogP) is 0.159. The summed E-state index contributed by atoms with van der Waals surface area (Å²) in [5, 5.41) is 2.78. The largest absolute Gasteiger partial charge is 0.385 e. The molecule has 3 nitrogen and oxygen atoms in total. The van der Waals surface area contributed by atoms with E-state index in [1.54, 1.807) is 7.11 Å². The molecular formula is C7H13NO2. The van der Waals surface area contributed by atoms with Gasteiger partial charge in [0.05, 0.1) is 0 Å². The molecule has 1 amide bonds. The first-order valence-corrected chi connectivity index (χ1v) is 3.58. The molecule has 0 aromatic heterocycles. The second kappa shape index (κ2) is 3.56. The SMILES string of the molecule is COCCC1CNC(=O)C1. The van der Waals surface area contributed by atoms with Crippen LogP contribution in [0.1, 0.15) is 12.8 Å². The van der Waals surface area contributed by atoms with Crippen LogP contribution < -0.4 is 5.32 Å². The van der Waals surface area contributed by atoms with E-state index in [4.69, 9.17) is 4.74 Å². The summed E-state index contributed by atoms with van der Waals surface area (Å²) in [6, 6.07) is 0. The lowest BCUT2D eigenvalue weighted by molar-refractivity contribution is -0.119. The highest BCUT2D eigenvalue weighted by Crippen LogP contribution is 2.12. The van der Waals surface area contributed by atoms with Gasteiger partial charge in [0.15, 0.2) is 0 Å². The average molecular weight is 143 g/mol. The smallest absolute Gasteiger partial charge is 0.220 e. The van der Waals surface area contributed by atoms with Gasteiger partial charge in [-0.15, -0.1) is 0 Å². The molecule has 1 heterocycles. The number of ether oxygens (including phenoxy) is 1. The first-order valence-electron chi connectivity index (χ1n) is 3.58. The first kappa shape index (κ1) is 7.54. The summed E-state index contributed by atoms with van der Waals surface area (Å²) in [6.45, 7) is 1.60. The maximum absolute atomic E-state index is 10.7. The van der Waals surface area contributed by atoms with Crippen molar-refractivity contribution in [3.63, 3.8) is 0 Å². The summed E-state index contributed by atoms with van der Waals surface area (Å²) in [6.07, 6.45) is 1.68. The molecular weight excluding hydrogens is 130 g/mol. The predicted molar refractivity (Wildman–Crippen MR) is 37.6 cm³/mol. The van der Waals surface area contributed by atoms with Crippen LogP contribution in [0, 0.1) is 5.92 Å². The van der Waals surface area contributed by atoms with Crippen molar-refractivity contribution in [3.8, 4) is 0 Å². The molecule has 0 aromatic rings. The van der Waals surface area contributed by atoms with Crippen molar-refractivity contribution in [1.82, 2.24) is 5.32 Å². The fourth-order valence-electron chi connectivity index (χ4n) is 1.15. The molecule has 0 saturated carbocycles. The van der Waals surface area contributed by atoms with E-state index in [1.807, 2.05) is 0 Å². The van der Waals surface area contributed by atoms with Gasteiger partial charge >= 0.3 is 0 Å².